The van der Waals surface area contributed by atoms with Gasteiger partial charge in [-0.05, 0) is 37.0 Å². The molecular formula is C11H14F3N. The third-order valence-electron chi connectivity index (χ3n) is 2.45. The van der Waals surface area contributed by atoms with Crippen molar-refractivity contribution in [2.75, 3.05) is 0 Å². The van der Waals surface area contributed by atoms with E-state index in [0.29, 0.717) is 5.56 Å². The Bertz CT molecular complexity index is 344. The van der Waals surface area contributed by atoms with Gasteiger partial charge in [-0.1, -0.05) is 18.2 Å². The SMILES string of the molecule is Cc1ccc(CC(N)C(F)(F)F)cc1C. The summed E-state index contributed by atoms with van der Waals surface area (Å²) in [6.45, 7) is 3.79. The topological polar surface area (TPSA) is 26.0 Å². The molecule has 0 aliphatic carbocycles. The zero-order chi connectivity index (χ0) is 11.6. The van der Waals surface area contributed by atoms with Crippen molar-refractivity contribution < 1.29 is 13.2 Å². The molecule has 2 N–H and O–H groups in total. The number of benzene rings is 1. The van der Waals surface area contributed by atoms with Crippen LogP contribution in [0, 0.1) is 13.8 Å². The largest absolute Gasteiger partial charge is 0.403 e. The molecule has 0 heterocycles. The fourth-order valence-electron chi connectivity index (χ4n) is 1.30. The Kier molecular flexibility index (Phi) is 3.39. The van der Waals surface area contributed by atoms with Gasteiger partial charge in [0.2, 0.25) is 0 Å². The second-order valence-electron chi connectivity index (χ2n) is 3.77. The average Bonchev–Trinajstić information content (AvgIpc) is 2.10. The summed E-state index contributed by atoms with van der Waals surface area (Å²) in [7, 11) is 0. The predicted molar refractivity (Wildman–Crippen MR) is 53.7 cm³/mol. The molecule has 1 aromatic carbocycles. The highest BCUT2D eigenvalue weighted by Gasteiger charge is 2.36. The van der Waals surface area contributed by atoms with Crippen LogP contribution in [0.1, 0.15) is 16.7 Å². The summed E-state index contributed by atoms with van der Waals surface area (Å²) in [6, 6.07) is 3.47. The van der Waals surface area contributed by atoms with E-state index in [4.69, 9.17) is 5.73 Å². The van der Waals surface area contributed by atoms with Gasteiger partial charge in [0.1, 0.15) is 6.04 Å². The molecule has 0 aliphatic heterocycles. The number of hydrogen-bond donors (Lipinski definition) is 1. The fraction of sp³-hybridized carbons (Fsp3) is 0.455. The molecule has 0 radical (unpaired) electrons. The molecule has 0 saturated carbocycles. The summed E-state index contributed by atoms with van der Waals surface area (Å²) in [5.41, 5.74) is 7.73. The molecule has 15 heavy (non-hydrogen) atoms. The summed E-state index contributed by atoms with van der Waals surface area (Å²) >= 11 is 0. The van der Waals surface area contributed by atoms with Gasteiger partial charge in [0.25, 0.3) is 0 Å². The number of halogens is 3. The second kappa shape index (κ2) is 4.23. The Morgan fingerprint density at radius 3 is 2.27 bits per heavy atom. The predicted octanol–water partition coefficient (Wildman–Crippen LogP) is 2.74. The molecule has 0 saturated heterocycles. The number of rotatable bonds is 2. The molecular weight excluding hydrogens is 203 g/mol. The van der Waals surface area contributed by atoms with Crippen molar-refractivity contribution in [3.8, 4) is 0 Å². The van der Waals surface area contributed by atoms with E-state index in [9.17, 15) is 13.2 Å². The van der Waals surface area contributed by atoms with Crippen LogP contribution in [0.3, 0.4) is 0 Å². The van der Waals surface area contributed by atoms with Gasteiger partial charge >= 0.3 is 6.18 Å². The van der Waals surface area contributed by atoms with Gasteiger partial charge < -0.3 is 5.73 Å². The van der Waals surface area contributed by atoms with Gasteiger partial charge in [-0.3, -0.25) is 0 Å². The smallest absolute Gasteiger partial charge is 0.320 e. The molecule has 0 aliphatic rings. The zero-order valence-electron chi connectivity index (χ0n) is 8.73. The quantitative estimate of drug-likeness (QED) is 0.809. The maximum absolute atomic E-state index is 12.2. The molecule has 0 spiro atoms. The maximum atomic E-state index is 12.2. The lowest BCUT2D eigenvalue weighted by Gasteiger charge is -2.15. The van der Waals surface area contributed by atoms with Gasteiger partial charge in [-0.25, -0.2) is 0 Å². The lowest BCUT2D eigenvalue weighted by atomic mass is 10.0. The highest BCUT2D eigenvalue weighted by atomic mass is 19.4. The molecule has 84 valence electrons. The van der Waals surface area contributed by atoms with E-state index in [0.717, 1.165) is 11.1 Å². The van der Waals surface area contributed by atoms with Gasteiger partial charge in [0, 0.05) is 0 Å². The monoisotopic (exact) mass is 217 g/mol. The van der Waals surface area contributed by atoms with Gasteiger partial charge in [-0.15, -0.1) is 0 Å². The second-order valence-corrected chi connectivity index (χ2v) is 3.77. The van der Waals surface area contributed by atoms with Gasteiger partial charge in [0.15, 0.2) is 0 Å². The van der Waals surface area contributed by atoms with Crippen molar-refractivity contribution in [2.24, 2.45) is 5.73 Å². The Balaban J connectivity index is 2.78. The minimum absolute atomic E-state index is 0.162. The van der Waals surface area contributed by atoms with Crippen LogP contribution >= 0.6 is 0 Å². The molecule has 1 unspecified atom stereocenters. The third-order valence-corrected chi connectivity index (χ3v) is 2.45. The first-order valence-electron chi connectivity index (χ1n) is 4.69. The lowest BCUT2D eigenvalue weighted by Crippen LogP contribution is -2.39. The fourth-order valence-corrected chi connectivity index (χ4v) is 1.30. The van der Waals surface area contributed by atoms with E-state index in [1.165, 1.54) is 0 Å². The molecule has 0 amide bonds. The third kappa shape index (κ3) is 3.23. The summed E-state index contributed by atoms with van der Waals surface area (Å²) in [5, 5.41) is 0. The number of nitrogens with two attached hydrogens (primary N) is 1. The van der Waals surface area contributed by atoms with Crippen molar-refractivity contribution >= 4 is 0 Å². The number of aryl methyl sites for hydroxylation is 2. The standard InChI is InChI=1S/C11H14F3N/c1-7-3-4-9(5-8(7)2)6-10(15)11(12,13)14/h3-5,10H,6,15H2,1-2H3. The Labute approximate surface area is 87.1 Å². The first-order valence-corrected chi connectivity index (χ1v) is 4.69. The molecule has 1 atom stereocenters. The minimum Gasteiger partial charge on any atom is -0.320 e. The van der Waals surface area contributed by atoms with E-state index in [1.54, 1.807) is 12.1 Å². The van der Waals surface area contributed by atoms with Crippen LogP contribution in [0.2, 0.25) is 0 Å². The molecule has 1 nitrogen and oxygen atoms in total. The highest BCUT2D eigenvalue weighted by Crippen LogP contribution is 2.22. The number of alkyl halides is 3. The summed E-state index contributed by atoms with van der Waals surface area (Å²) in [6.07, 6.45) is -4.48. The first kappa shape index (κ1) is 12.0. The van der Waals surface area contributed by atoms with E-state index in [-0.39, 0.29) is 6.42 Å². The minimum atomic E-state index is -4.32. The number of hydrogen-bond acceptors (Lipinski definition) is 1. The summed E-state index contributed by atoms with van der Waals surface area (Å²) in [4.78, 5) is 0. The molecule has 1 aromatic rings. The van der Waals surface area contributed by atoms with Crippen molar-refractivity contribution in [3.05, 3.63) is 34.9 Å². The Morgan fingerprint density at radius 1 is 1.20 bits per heavy atom. The van der Waals surface area contributed by atoms with Crippen LogP contribution in [0.5, 0.6) is 0 Å². The molecule has 0 aromatic heterocycles. The van der Waals surface area contributed by atoms with Crippen LogP contribution in [0.25, 0.3) is 0 Å². The van der Waals surface area contributed by atoms with Crippen LogP contribution in [-0.2, 0) is 6.42 Å². The van der Waals surface area contributed by atoms with Crippen LogP contribution in [0.4, 0.5) is 13.2 Å². The molecule has 4 heteroatoms. The highest BCUT2D eigenvalue weighted by molar-refractivity contribution is 5.30. The van der Waals surface area contributed by atoms with Crippen molar-refractivity contribution in [1.82, 2.24) is 0 Å². The van der Waals surface area contributed by atoms with E-state index < -0.39 is 12.2 Å². The molecule has 0 bridgehead atoms. The average molecular weight is 217 g/mol. The normalized spacial score (nSPS) is 14.0. The molecule has 0 fully saturated rings. The maximum Gasteiger partial charge on any atom is 0.403 e. The van der Waals surface area contributed by atoms with Crippen molar-refractivity contribution in [1.29, 1.82) is 0 Å². The summed E-state index contributed by atoms with van der Waals surface area (Å²) < 4.78 is 36.6. The summed E-state index contributed by atoms with van der Waals surface area (Å²) in [5.74, 6) is 0. The van der Waals surface area contributed by atoms with Crippen molar-refractivity contribution in [3.63, 3.8) is 0 Å². The lowest BCUT2D eigenvalue weighted by molar-refractivity contribution is -0.147. The van der Waals surface area contributed by atoms with Gasteiger partial charge in [0.05, 0.1) is 0 Å². The van der Waals surface area contributed by atoms with Crippen LogP contribution < -0.4 is 5.73 Å². The Hall–Kier alpha value is -1.03. The van der Waals surface area contributed by atoms with E-state index >= 15 is 0 Å². The van der Waals surface area contributed by atoms with E-state index in [1.807, 2.05) is 19.9 Å². The Morgan fingerprint density at radius 2 is 1.80 bits per heavy atom. The van der Waals surface area contributed by atoms with E-state index in [2.05, 4.69) is 0 Å². The first-order chi connectivity index (χ1) is 6.80. The van der Waals surface area contributed by atoms with Crippen molar-refractivity contribution in [2.45, 2.75) is 32.5 Å². The van der Waals surface area contributed by atoms with Crippen LogP contribution in [0.15, 0.2) is 18.2 Å². The van der Waals surface area contributed by atoms with Gasteiger partial charge in [-0.2, -0.15) is 13.2 Å². The molecule has 1 rings (SSSR count). The zero-order valence-corrected chi connectivity index (χ0v) is 8.73. The van der Waals surface area contributed by atoms with Crippen LogP contribution in [-0.4, -0.2) is 12.2 Å².